The number of para-hydroxylation sites is 1. The number of anilines is 2. The molecule has 3 aromatic carbocycles. The van der Waals surface area contributed by atoms with Gasteiger partial charge in [-0.25, -0.2) is 4.79 Å². The van der Waals surface area contributed by atoms with Gasteiger partial charge in [-0.1, -0.05) is 30.3 Å². The van der Waals surface area contributed by atoms with Crippen molar-refractivity contribution in [3.63, 3.8) is 0 Å². The molecule has 0 unspecified atom stereocenters. The summed E-state index contributed by atoms with van der Waals surface area (Å²) < 4.78 is 43.7. The van der Waals surface area contributed by atoms with Gasteiger partial charge in [-0.15, -0.1) is 0 Å². The third kappa shape index (κ3) is 7.99. The number of likely N-dealkylation sites (N-methyl/N-ethyl adjacent to an activating group) is 1. The average molecular weight is 514 g/mol. The van der Waals surface area contributed by atoms with Crippen molar-refractivity contribution in [1.29, 1.82) is 0 Å². The number of halogens is 3. The number of hydrogen-bond donors (Lipinski definition) is 2. The van der Waals surface area contributed by atoms with Crippen molar-refractivity contribution >= 4 is 23.4 Å². The molecule has 3 aromatic rings. The van der Waals surface area contributed by atoms with Crippen molar-refractivity contribution in [3.05, 3.63) is 83.9 Å². The first kappa shape index (κ1) is 27.6. The molecule has 0 bridgehead atoms. The van der Waals surface area contributed by atoms with Crippen molar-refractivity contribution in [1.82, 2.24) is 10.2 Å². The van der Waals surface area contributed by atoms with Crippen LogP contribution in [0.2, 0.25) is 0 Å². The SMILES string of the molecule is CN(CCNC(=O)OC(C)(C)C)C(=O)c1ccc(-c2ccccc2Nc2ccc(C(F)(F)F)cc2)cc1. The summed E-state index contributed by atoms with van der Waals surface area (Å²) in [6.45, 7) is 5.87. The van der Waals surface area contributed by atoms with E-state index in [2.05, 4.69) is 10.6 Å². The molecule has 0 fully saturated rings. The van der Waals surface area contributed by atoms with Gasteiger partial charge in [-0.05, 0) is 68.8 Å². The summed E-state index contributed by atoms with van der Waals surface area (Å²) in [5, 5.41) is 5.79. The standard InChI is InChI=1S/C28H30F3N3O3/c1-27(2,3)37-26(36)32-17-18-34(4)25(35)20-11-9-19(10-12-20)23-7-5-6-8-24(23)33-22-15-13-21(14-16-22)28(29,30)31/h5-16,33H,17-18H2,1-4H3,(H,32,36). The first-order chi connectivity index (χ1) is 17.3. The van der Waals surface area contributed by atoms with Crippen molar-refractivity contribution < 1.29 is 27.5 Å². The zero-order valence-electron chi connectivity index (χ0n) is 21.1. The van der Waals surface area contributed by atoms with Gasteiger partial charge >= 0.3 is 12.3 Å². The van der Waals surface area contributed by atoms with Crippen LogP contribution in [0.4, 0.5) is 29.3 Å². The molecule has 0 saturated heterocycles. The normalized spacial score (nSPS) is 11.5. The number of rotatable bonds is 7. The Kier molecular flexibility index (Phi) is 8.47. The van der Waals surface area contributed by atoms with Gasteiger partial charge in [0.15, 0.2) is 0 Å². The smallest absolute Gasteiger partial charge is 0.416 e. The predicted molar refractivity (Wildman–Crippen MR) is 138 cm³/mol. The van der Waals surface area contributed by atoms with E-state index in [1.54, 1.807) is 40.0 Å². The molecule has 2 amide bonds. The molecule has 0 aromatic heterocycles. The van der Waals surface area contributed by atoms with E-state index in [1.165, 1.54) is 17.0 Å². The Morgan fingerprint density at radius 2 is 1.51 bits per heavy atom. The summed E-state index contributed by atoms with van der Waals surface area (Å²) in [7, 11) is 1.65. The van der Waals surface area contributed by atoms with Crippen molar-refractivity contribution in [2.75, 3.05) is 25.5 Å². The van der Waals surface area contributed by atoms with Crippen LogP contribution < -0.4 is 10.6 Å². The van der Waals surface area contributed by atoms with E-state index in [1.807, 2.05) is 36.4 Å². The number of hydrogen-bond acceptors (Lipinski definition) is 4. The van der Waals surface area contributed by atoms with Crippen LogP contribution in [-0.2, 0) is 10.9 Å². The van der Waals surface area contributed by atoms with Crippen LogP contribution in [0.5, 0.6) is 0 Å². The number of carbonyl (C=O) groups excluding carboxylic acids is 2. The van der Waals surface area contributed by atoms with E-state index in [-0.39, 0.29) is 12.5 Å². The van der Waals surface area contributed by atoms with Crippen LogP contribution >= 0.6 is 0 Å². The number of carbonyl (C=O) groups is 2. The lowest BCUT2D eigenvalue weighted by molar-refractivity contribution is -0.137. The third-order valence-electron chi connectivity index (χ3n) is 5.32. The highest BCUT2D eigenvalue weighted by molar-refractivity contribution is 5.95. The van der Waals surface area contributed by atoms with Crippen LogP contribution in [0.25, 0.3) is 11.1 Å². The highest BCUT2D eigenvalue weighted by atomic mass is 19.4. The second kappa shape index (κ2) is 11.4. The van der Waals surface area contributed by atoms with Gasteiger partial charge in [0.05, 0.1) is 5.56 Å². The summed E-state index contributed by atoms with van der Waals surface area (Å²) in [4.78, 5) is 26.1. The molecule has 196 valence electrons. The number of amides is 2. The summed E-state index contributed by atoms with van der Waals surface area (Å²) in [5.74, 6) is -0.200. The fraction of sp³-hybridized carbons (Fsp3) is 0.286. The molecule has 0 aliphatic heterocycles. The molecule has 3 rings (SSSR count). The van der Waals surface area contributed by atoms with Crippen LogP contribution in [0.15, 0.2) is 72.8 Å². The fourth-order valence-corrected chi connectivity index (χ4v) is 3.50. The second-order valence-corrected chi connectivity index (χ2v) is 9.48. The summed E-state index contributed by atoms with van der Waals surface area (Å²) >= 11 is 0. The van der Waals surface area contributed by atoms with Crippen molar-refractivity contribution in [2.45, 2.75) is 32.5 Å². The van der Waals surface area contributed by atoms with Crippen molar-refractivity contribution in [3.8, 4) is 11.1 Å². The molecule has 0 heterocycles. The molecule has 37 heavy (non-hydrogen) atoms. The Morgan fingerprint density at radius 3 is 2.11 bits per heavy atom. The molecule has 9 heteroatoms. The number of nitrogens with one attached hydrogen (secondary N) is 2. The van der Waals surface area contributed by atoms with E-state index in [9.17, 15) is 22.8 Å². The van der Waals surface area contributed by atoms with Gasteiger partial charge in [0, 0.05) is 42.6 Å². The lowest BCUT2D eigenvalue weighted by Crippen LogP contribution is -2.38. The second-order valence-electron chi connectivity index (χ2n) is 9.48. The lowest BCUT2D eigenvalue weighted by atomic mass is 10.0. The molecule has 0 spiro atoms. The Labute approximate surface area is 214 Å². The van der Waals surface area contributed by atoms with E-state index in [0.717, 1.165) is 23.3 Å². The fourth-order valence-electron chi connectivity index (χ4n) is 3.50. The number of benzene rings is 3. The van der Waals surface area contributed by atoms with E-state index < -0.39 is 23.4 Å². The molecule has 0 aliphatic carbocycles. The van der Waals surface area contributed by atoms with E-state index in [0.29, 0.717) is 23.5 Å². The Morgan fingerprint density at radius 1 is 0.892 bits per heavy atom. The van der Waals surface area contributed by atoms with Crippen LogP contribution in [0.3, 0.4) is 0 Å². The van der Waals surface area contributed by atoms with Gasteiger partial charge in [0.1, 0.15) is 5.60 Å². The number of alkyl carbamates (subject to hydrolysis) is 1. The van der Waals surface area contributed by atoms with Crippen molar-refractivity contribution in [2.24, 2.45) is 0 Å². The molecule has 6 nitrogen and oxygen atoms in total. The first-order valence-corrected chi connectivity index (χ1v) is 11.7. The maximum atomic E-state index is 12.8. The summed E-state index contributed by atoms with van der Waals surface area (Å²) in [5.41, 5.74) is 2.07. The lowest BCUT2D eigenvalue weighted by Gasteiger charge is -2.21. The number of ether oxygens (including phenoxy) is 1. The quantitative estimate of drug-likeness (QED) is 0.368. The predicted octanol–water partition coefficient (Wildman–Crippen LogP) is 6.71. The third-order valence-corrected chi connectivity index (χ3v) is 5.32. The average Bonchev–Trinajstić information content (AvgIpc) is 2.82. The van der Waals surface area contributed by atoms with Gasteiger partial charge < -0.3 is 20.3 Å². The van der Waals surface area contributed by atoms with Gasteiger partial charge in [0.25, 0.3) is 5.91 Å². The topological polar surface area (TPSA) is 70.7 Å². The number of nitrogens with zero attached hydrogens (tertiary/aromatic N) is 1. The Bertz CT molecular complexity index is 1220. The summed E-state index contributed by atoms with van der Waals surface area (Å²) in [6, 6.07) is 19.3. The highest BCUT2D eigenvalue weighted by Gasteiger charge is 2.30. The van der Waals surface area contributed by atoms with Gasteiger partial charge in [0.2, 0.25) is 0 Å². The molecule has 0 saturated carbocycles. The number of alkyl halides is 3. The molecular formula is C28H30F3N3O3. The minimum atomic E-state index is -4.39. The minimum Gasteiger partial charge on any atom is -0.444 e. The van der Waals surface area contributed by atoms with Crippen LogP contribution in [0, 0.1) is 0 Å². The molecule has 2 N–H and O–H groups in total. The molecular weight excluding hydrogens is 483 g/mol. The summed E-state index contributed by atoms with van der Waals surface area (Å²) in [6.07, 6.45) is -4.93. The Hall–Kier alpha value is -4.01. The molecule has 0 aliphatic rings. The van der Waals surface area contributed by atoms with E-state index >= 15 is 0 Å². The van der Waals surface area contributed by atoms with E-state index in [4.69, 9.17) is 4.74 Å². The monoisotopic (exact) mass is 513 g/mol. The molecule has 0 atom stereocenters. The highest BCUT2D eigenvalue weighted by Crippen LogP contribution is 2.33. The van der Waals surface area contributed by atoms with Crippen LogP contribution in [0.1, 0.15) is 36.7 Å². The first-order valence-electron chi connectivity index (χ1n) is 11.7. The Balaban J connectivity index is 1.65. The van der Waals surface area contributed by atoms with Crippen LogP contribution in [-0.4, -0.2) is 42.6 Å². The molecule has 0 radical (unpaired) electrons. The van der Waals surface area contributed by atoms with Gasteiger partial charge in [-0.3, -0.25) is 4.79 Å². The van der Waals surface area contributed by atoms with Gasteiger partial charge in [-0.2, -0.15) is 13.2 Å². The maximum absolute atomic E-state index is 12.8. The maximum Gasteiger partial charge on any atom is 0.416 e. The zero-order chi connectivity index (χ0) is 27.2. The minimum absolute atomic E-state index is 0.200. The largest absolute Gasteiger partial charge is 0.444 e. The zero-order valence-corrected chi connectivity index (χ0v) is 21.1.